The predicted molar refractivity (Wildman–Crippen MR) is 315 cm³/mol. The van der Waals surface area contributed by atoms with E-state index in [1.807, 2.05) is 0 Å². The van der Waals surface area contributed by atoms with Crippen LogP contribution in [0.4, 0.5) is 0 Å². The molecule has 0 aliphatic heterocycles. The number of hydrogen-bond acceptors (Lipinski definition) is 6. The van der Waals surface area contributed by atoms with Crippen LogP contribution in [-0.2, 0) is 28.6 Å². The smallest absolute Gasteiger partial charge is 0.306 e. The average molecular weight is 1010 g/mol. The predicted octanol–water partition coefficient (Wildman–Crippen LogP) is 20.0. The summed E-state index contributed by atoms with van der Waals surface area (Å²) in [7, 11) is 0. The van der Waals surface area contributed by atoms with E-state index in [4.69, 9.17) is 14.2 Å². The molecule has 0 saturated heterocycles. The van der Waals surface area contributed by atoms with Gasteiger partial charge in [0.2, 0.25) is 0 Å². The fraction of sp³-hybridized carbons (Fsp3) is 0.597. The van der Waals surface area contributed by atoms with Crippen molar-refractivity contribution in [2.75, 3.05) is 13.2 Å². The molecule has 0 aromatic rings. The zero-order chi connectivity index (χ0) is 52.9. The Kier molecular flexibility index (Phi) is 56.0. The summed E-state index contributed by atoms with van der Waals surface area (Å²) in [6.07, 6.45) is 85.6. The lowest BCUT2D eigenvalue weighted by Gasteiger charge is -2.18. The second-order valence-corrected chi connectivity index (χ2v) is 18.8. The van der Waals surface area contributed by atoms with Crippen LogP contribution in [0.25, 0.3) is 0 Å². The molecular weight excluding hydrogens is 901 g/mol. The normalized spacial score (nSPS) is 13.2. The minimum absolute atomic E-state index is 0.109. The van der Waals surface area contributed by atoms with E-state index in [2.05, 4.69) is 167 Å². The van der Waals surface area contributed by atoms with Crippen molar-refractivity contribution < 1.29 is 28.6 Å². The maximum absolute atomic E-state index is 12.8. The van der Waals surface area contributed by atoms with Gasteiger partial charge < -0.3 is 14.2 Å². The van der Waals surface area contributed by atoms with Crippen molar-refractivity contribution in [2.24, 2.45) is 0 Å². The highest BCUT2D eigenvalue weighted by molar-refractivity contribution is 5.71. The number of rotatable bonds is 51. The average Bonchev–Trinajstić information content (AvgIpc) is 3.39. The Morgan fingerprint density at radius 1 is 0.274 bits per heavy atom. The van der Waals surface area contributed by atoms with Crippen molar-refractivity contribution in [1.29, 1.82) is 0 Å². The van der Waals surface area contributed by atoms with Crippen molar-refractivity contribution in [3.63, 3.8) is 0 Å². The fourth-order valence-electron chi connectivity index (χ4n) is 7.53. The number of allylic oxidation sites excluding steroid dienone is 24. The zero-order valence-electron chi connectivity index (χ0n) is 46.8. The molecule has 73 heavy (non-hydrogen) atoms. The maximum atomic E-state index is 12.8. The van der Waals surface area contributed by atoms with Gasteiger partial charge in [-0.3, -0.25) is 14.4 Å². The zero-order valence-corrected chi connectivity index (χ0v) is 46.8. The molecule has 0 aliphatic carbocycles. The lowest BCUT2D eigenvalue weighted by molar-refractivity contribution is -0.167. The first-order valence-electron chi connectivity index (χ1n) is 29.3. The Balaban J connectivity index is 4.43. The van der Waals surface area contributed by atoms with Gasteiger partial charge >= 0.3 is 17.9 Å². The van der Waals surface area contributed by atoms with Crippen molar-refractivity contribution in [3.05, 3.63) is 146 Å². The molecule has 0 heterocycles. The van der Waals surface area contributed by atoms with Gasteiger partial charge in [0.25, 0.3) is 0 Å². The van der Waals surface area contributed by atoms with Gasteiger partial charge in [0, 0.05) is 19.3 Å². The molecular formula is C67H106O6. The van der Waals surface area contributed by atoms with Crippen LogP contribution in [0, 0.1) is 0 Å². The van der Waals surface area contributed by atoms with E-state index in [0.717, 1.165) is 154 Å². The molecule has 0 radical (unpaired) electrons. The van der Waals surface area contributed by atoms with Gasteiger partial charge in [-0.25, -0.2) is 0 Å². The molecule has 6 heteroatoms. The summed E-state index contributed by atoms with van der Waals surface area (Å²) in [6.45, 7) is 6.23. The van der Waals surface area contributed by atoms with Gasteiger partial charge in [0.15, 0.2) is 6.10 Å². The third-order valence-corrected chi connectivity index (χ3v) is 11.8. The van der Waals surface area contributed by atoms with Gasteiger partial charge in [0.1, 0.15) is 13.2 Å². The van der Waals surface area contributed by atoms with Gasteiger partial charge in [-0.2, -0.15) is 0 Å². The number of esters is 3. The van der Waals surface area contributed by atoms with Crippen LogP contribution in [0.1, 0.15) is 239 Å². The fourth-order valence-corrected chi connectivity index (χ4v) is 7.53. The molecule has 1 atom stereocenters. The van der Waals surface area contributed by atoms with Crippen LogP contribution >= 0.6 is 0 Å². The molecule has 0 amide bonds. The first-order valence-corrected chi connectivity index (χ1v) is 29.3. The third kappa shape index (κ3) is 58.1. The Hall–Kier alpha value is -4.71. The van der Waals surface area contributed by atoms with Gasteiger partial charge in [-0.05, 0) is 135 Å². The second-order valence-electron chi connectivity index (χ2n) is 18.8. The minimum Gasteiger partial charge on any atom is -0.462 e. The Labute approximate surface area is 448 Å². The minimum atomic E-state index is -0.816. The van der Waals surface area contributed by atoms with Gasteiger partial charge in [-0.1, -0.05) is 231 Å². The summed E-state index contributed by atoms with van der Waals surface area (Å²) in [5, 5.41) is 0. The van der Waals surface area contributed by atoms with Gasteiger partial charge in [-0.15, -0.1) is 0 Å². The number of hydrogen-bond donors (Lipinski definition) is 0. The second kappa shape index (κ2) is 59.8. The van der Waals surface area contributed by atoms with Crippen molar-refractivity contribution in [2.45, 2.75) is 245 Å². The first-order chi connectivity index (χ1) is 36.0. The van der Waals surface area contributed by atoms with E-state index >= 15 is 0 Å². The van der Waals surface area contributed by atoms with E-state index in [0.29, 0.717) is 19.3 Å². The summed E-state index contributed by atoms with van der Waals surface area (Å²) in [5.74, 6) is -0.979. The highest BCUT2D eigenvalue weighted by Crippen LogP contribution is 2.14. The number of ether oxygens (including phenoxy) is 3. The van der Waals surface area contributed by atoms with Crippen LogP contribution in [-0.4, -0.2) is 37.2 Å². The molecule has 0 spiro atoms. The van der Waals surface area contributed by atoms with E-state index < -0.39 is 6.10 Å². The van der Waals surface area contributed by atoms with E-state index in [1.54, 1.807) is 0 Å². The van der Waals surface area contributed by atoms with Crippen LogP contribution in [0.2, 0.25) is 0 Å². The SMILES string of the molecule is CC/C=C\C/C=C\C/C=C\C/C=C\C/C=C\CCCCCCCCCCCC(=O)OCC(COC(=O)CCCCCCC/C=C\C/C=C\C/C=C\CC)OC(=O)CCCC/C=C\C/C=C\C/C=C\C/C=C\CC. The molecule has 0 aromatic heterocycles. The highest BCUT2D eigenvalue weighted by atomic mass is 16.6. The highest BCUT2D eigenvalue weighted by Gasteiger charge is 2.19. The first kappa shape index (κ1) is 68.3. The molecule has 0 N–H and O–H groups in total. The van der Waals surface area contributed by atoms with Crippen molar-refractivity contribution in [1.82, 2.24) is 0 Å². The summed E-state index contributed by atoms with van der Waals surface area (Å²) in [4.78, 5) is 38.2. The summed E-state index contributed by atoms with van der Waals surface area (Å²) in [5.41, 5.74) is 0. The quantitative estimate of drug-likeness (QED) is 0.0261. The molecule has 1 unspecified atom stereocenters. The van der Waals surface area contributed by atoms with Crippen molar-refractivity contribution >= 4 is 17.9 Å². The molecule has 0 bridgehead atoms. The van der Waals surface area contributed by atoms with Crippen LogP contribution < -0.4 is 0 Å². The van der Waals surface area contributed by atoms with E-state index in [-0.39, 0.29) is 37.5 Å². The Morgan fingerprint density at radius 2 is 0.493 bits per heavy atom. The lowest BCUT2D eigenvalue weighted by Crippen LogP contribution is -2.30. The summed E-state index contributed by atoms with van der Waals surface area (Å²) < 4.78 is 16.8. The molecule has 0 aliphatic rings. The number of carbonyl (C=O) groups excluding carboxylic acids is 3. The lowest BCUT2D eigenvalue weighted by atomic mass is 10.1. The maximum Gasteiger partial charge on any atom is 0.306 e. The molecule has 410 valence electrons. The summed E-state index contributed by atoms with van der Waals surface area (Å²) >= 11 is 0. The molecule has 0 rings (SSSR count). The van der Waals surface area contributed by atoms with Crippen LogP contribution in [0.5, 0.6) is 0 Å². The van der Waals surface area contributed by atoms with E-state index in [1.165, 1.54) is 38.5 Å². The molecule has 0 aromatic carbocycles. The molecule has 6 nitrogen and oxygen atoms in total. The van der Waals surface area contributed by atoms with Gasteiger partial charge in [0.05, 0.1) is 0 Å². The monoisotopic (exact) mass is 1010 g/mol. The van der Waals surface area contributed by atoms with Crippen LogP contribution in [0.15, 0.2) is 146 Å². The topological polar surface area (TPSA) is 78.9 Å². The number of unbranched alkanes of at least 4 members (excludes halogenated alkanes) is 16. The standard InChI is InChI=1S/C67H106O6/c1-4-7-10-13-16-19-22-25-28-29-30-31-32-33-34-35-36-37-40-42-45-48-51-54-57-60-66(69)72-63-64(73-67(70)61-58-55-52-49-46-43-39-27-24-21-18-15-12-9-6-3)62-71-65(68)59-56-53-50-47-44-41-38-26-23-20-17-14-11-8-5-2/h7-12,16-21,25-28,30-31,33-34,38-39,46,49,64H,4-6,13-15,22-24,29,32,35-37,40-45,47-48,50-63H2,1-3H3/b10-7-,11-8-,12-9-,19-16-,20-17-,21-18-,28-25-,31-30-,34-33-,38-26-,39-27-,49-46-. The van der Waals surface area contributed by atoms with E-state index in [9.17, 15) is 14.4 Å². The third-order valence-electron chi connectivity index (χ3n) is 11.8. The summed E-state index contributed by atoms with van der Waals surface area (Å²) in [6, 6.07) is 0. The number of carbonyl (C=O) groups is 3. The molecule has 0 saturated carbocycles. The Bertz CT molecular complexity index is 1630. The van der Waals surface area contributed by atoms with Crippen molar-refractivity contribution in [3.8, 4) is 0 Å². The Morgan fingerprint density at radius 3 is 0.795 bits per heavy atom. The van der Waals surface area contributed by atoms with Crippen LogP contribution in [0.3, 0.4) is 0 Å². The largest absolute Gasteiger partial charge is 0.462 e. The molecule has 0 fully saturated rings.